The van der Waals surface area contributed by atoms with E-state index < -0.39 is 28.5 Å². The first-order chi connectivity index (χ1) is 20.5. The highest BCUT2D eigenvalue weighted by molar-refractivity contribution is 9.10. The number of benzene rings is 4. The van der Waals surface area contributed by atoms with Crippen molar-refractivity contribution in [1.29, 1.82) is 0 Å². The number of para-hydroxylation sites is 1. The molecule has 0 heterocycles. The first-order valence-corrected chi connectivity index (χ1v) is 16.3. The van der Waals surface area contributed by atoms with E-state index in [1.165, 1.54) is 4.90 Å². The summed E-state index contributed by atoms with van der Waals surface area (Å²) in [6, 6.07) is 31.0. The Morgan fingerprint density at radius 3 is 1.95 bits per heavy atom. The average Bonchev–Trinajstić information content (AvgIpc) is 2.99. The summed E-state index contributed by atoms with van der Waals surface area (Å²) < 4.78 is 30.0. The number of sulfonamides is 1. The molecule has 1 atom stereocenters. The molecule has 0 unspecified atom stereocenters. The Kier molecular flexibility index (Phi) is 10.8. The monoisotopic (exact) mass is 661 g/mol. The normalized spacial score (nSPS) is 12.0. The van der Waals surface area contributed by atoms with Gasteiger partial charge in [0, 0.05) is 23.5 Å². The molecule has 0 saturated heterocycles. The van der Waals surface area contributed by atoms with Crippen LogP contribution in [0, 0.1) is 6.92 Å². The van der Waals surface area contributed by atoms with Crippen LogP contribution in [-0.4, -0.2) is 43.8 Å². The lowest BCUT2D eigenvalue weighted by molar-refractivity contribution is -0.140. The lowest BCUT2D eigenvalue weighted by Crippen LogP contribution is -2.54. The molecule has 224 valence electrons. The van der Waals surface area contributed by atoms with Gasteiger partial charge in [0.25, 0.3) is 10.0 Å². The molecular formula is C34H36BrN3O4S. The van der Waals surface area contributed by atoms with Crippen molar-refractivity contribution in [2.75, 3.05) is 10.8 Å². The number of rotatable bonds is 12. The molecule has 0 radical (unpaired) electrons. The third-order valence-electron chi connectivity index (χ3n) is 6.90. The van der Waals surface area contributed by atoms with Gasteiger partial charge in [-0.3, -0.25) is 13.9 Å². The number of hydrogen-bond acceptors (Lipinski definition) is 4. The maximum absolute atomic E-state index is 14.4. The van der Waals surface area contributed by atoms with E-state index in [-0.39, 0.29) is 29.8 Å². The summed E-state index contributed by atoms with van der Waals surface area (Å²) in [6.45, 7) is 5.23. The molecule has 0 bridgehead atoms. The summed E-state index contributed by atoms with van der Waals surface area (Å²) in [4.78, 5) is 29.7. The van der Waals surface area contributed by atoms with E-state index in [9.17, 15) is 18.0 Å². The van der Waals surface area contributed by atoms with Crippen LogP contribution in [0.1, 0.15) is 30.5 Å². The van der Waals surface area contributed by atoms with Crippen LogP contribution in [0.2, 0.25) is 0 Å². The first kappa shape index (κ1) is 32.0. The van der Waals surface area contributed by atoms with Crippen LogP contribution in [0.3, 0.4) is 0 Å². The number of amides is 2. The number of hydrogen-bond donors (Lipinski definition) is 1. The zero-order chi connectivity index (χ0) is 31.0. The van der Waals surface area contributed by atoms with Crippen LogP contribution < -0.4 is 9.62 Å². The molecule has 4 aromatic carbocycles. The molecule has 0 spiro atoms. The average molecular weight is 663 g/mol. The van der Waals surface area contributed by atoms with Crippen molar-refractivity contribution in [2.24, 2.45) is 0 Å². The molecule has 4 rings (SSSR count). The summed E-state index contributed by atoms with van der Waals surface area (Å²) in [6.07, 6.45) is 0.262. The second-order valence-electron chi connectivity index (χ2n) is 10.7. The number of nitrogens with zero attached hydrogens (tertiary/aromatic N) is 2. The summed E-state index contributed by atoms with van der Waals surface area (Å²) in [5.74, 6) is -0.806. The fourth-order valence-corrected chi connectivity index (χ4v) is 6.36. The van der Waals surface area contributed by atoms with Crippen molar-refractivity contribution >= 4 is 43.5 Å². The quantitative estimate of drug-likeness (QED) is 0.198. The smallest absolute Gasteiger partial charge is 0.264 e. The minimum Gasteiger partial charge on any atom is -0.352 e. The van der Waals surface area contributed by atoms with Crippen LogP contribution in [0.4, 0.5) is 5.69 Å². The molecule has 43 heavy (non-hydrogen) atoms. The number of anilines is 1. The van der Waals surface area contributed by atoms with E-state index >= 15 is 0 Å². The van der Waals surface area contributed by atoms with E-state index in [1.54, 1.807) is 54.6 Å². The second kappa shape index (κ2) is 14.5. The summed E-state index contributed by atoms with van der Waals surface area (Å²) >= 11 is 3.45. The van der Waals surface area contributed by atoms with Gasteiger partial charge in [-0.25, -0.2) is 8.42 Å². The van der Waals surface area contributed by atoms with Crippen molar-refractivity contribution in [2.45, 2.75) is 50.7 Å². The van der Waals surface area contributed by atoms with Crippen molar-refractivity contribution in [3.63, 3.8) is 0 Å². The molecule has 4 aromatic rings. The van der Waals surface area contributed by atoms with Gasteiger partial charge in [-0.1, -0.05) is 94.3 Å². The molecule has 7 nitrogen and oxygen atoms in total. The highest BCUT2D eigenvalue weighted by atomic mass is 79.9. The standard InChI is InChI=1S/C34H36BrN3O4S/c1-25(2)36-34(40)32(22-27-10-6-4-7-11-27)37(23-28-16-18-29(35)19-17-28)33(39)24-38(30-12-8-5-9-13-30)43(41,42)31-20-14-26(3)15-21-31/h4-21,25,32H,22-24H2,1-3H3,(H,36,40)/t32-/m1/s1. The van der Waals surface area contributed by atoms with E-state index in [1.807, 2.05) is 75.4 Å². The van der Waals surface area contributed by atoms with Gasteiger partial charge in [0.2, 0.25) is 11.8 Å². The van der Waals surface area contributed by atoms with Gasteiger partial charge in [0.05, 0.1) is 10.6 Å². The Hall–Kier alpha value is -3.95. The Morgan fingerprint density at radius 2 is 1.37 bits per heavy atom. The van der Waals surface area contributed by atoms with E-state index in [4.69, 9.17) is 0 Å². The van der Waals surface area contributed by atoms with Crippen molar-refractivity contribution < 1.29 is 18.0 Å². The molecule has 1 N–H and O–H groups in total. The number of aryl methyl sites for hydroxylation is 1. The molecular weight excluding hydrogens is 626 g/mol. The largest absolute Gasteiger partial charge is 0.352 e. The first-order valence-electron chi connectivity index (χ1n) is 14.1. The highest BCUT2D eigenvalue weighted by Crippen LogP contribution is 2.25. The second-order valence-corrected chi connectivity index (χ2v) is 13.5. The molecule has 0 fully saturated rings. The van der Waals surface area contributed by atoms with Crippen molar-refractivity contribution in [3.05, 3.63) is 130 Å². The SMILES string of the molecule is Cc1ccc(S(=O)(=O)N(CC(=O)N(Cc2ccc(Br)cc2)[C@H](Cc2ccccc2)C(=O)NC(C)C)c2ccccc2)cc1. The van der Waals surface area contributed by atoms with Gasteiger partial charge in [0.1, 0.15) is 12.6 Å². The minimum atomic E-state index is -4.12. The van der Waals surface area contributed by atoms with Crippen LogP contribution >= 0.6 is 15.9 Å². The van der Waals surface area contributed by atoms with Crippen LogP contribution in [0.5, 0.6) is 0 Å². The molecule has 2 amide bonds. The zero-order valence-electron chi connectivity index (χ0n) is 24.5. The van der Waals surface area contributed by atoms with E-state index in [2.05, 4.69) is 21.2 Å². The van der Waals surface area contributed by atoms with E-state index in [0.29, 0.717) is 5.69 Å². The zero-order valence-corrected chi connectivity index (χ0v) is 26.9. The van der Waals surface area contributed by atoms with Gasteiger partial charge >= 0.3 is 0 Å². The third-order valence-corrected chi connectivity index (χ3v) is 9.22. The Balaban J connectivity index is 1.78. The van der Waals surface area contributed by atoms with Gasteiger partial charge in [-0.2, -0.15) is 0 Å². The maximum atomic E-state index is 14.4. The lowest BCUT2D eigenvalue weighted by atomic mass is 10.0. The number of nitrogens with one attached hydrogen (secondary N) is 1. The van der Waals surface area contributed by atoms with Gasteiger partial charge in [-0.15, -0.1) is 0 Å². The third kappa shape index (κ3) is 8.55. The fraction of sp³-hybridized carbons (Fsp3) is 0.235. The van der Waals surface area contributed by atoms with Gasteiger partial charge in [-0.05, 0) is 68.3 Å². The van der Waals surface area contributed by atoms with Crippen molar-refractivity contribution in [1.82, 2.24) is 10.2 Å². The lowest BCUT2D eigenvalue weighted by Gasteiger charge is -2.34. The Bertz CT molecular complexity index is 1610. The Morgan fingerprint density at radius 1 is 0.791 bits per heavy atom. The summed E-state index contributed by atoms with van der Waals surface area (Å²) in [5.41, 5.74) is 2.96. The predicted octanol–water partition coefficient (Wildman–Crippen LogP) is 6.12. The molecule has 0 aromatic heterocycles. The minimum absolute atomic E-state index is 0.0765. The maximum Gasteiger partial charge on any atom is 0.264 e. The topological polar surface area (TPSA) is 86.8 Å². The molecule has 0 saturated carbocycles. The van der Waals surface area contributed by atoms with Crippen molar-refractivity contribution in [3.8, 4) is 0 Å². The number of carbonyl (C=O) groups excluding carboxylic acids is 2. The predicted molar refractivity (Wildman–Crippen MR) is 174 cm³/mol. The summed E-state index contributed by atoms with van der Waals surface area (Å²) in [5, 5.41) is 2.97. The van der Waals surface area contributed by atoms with Gasteiger partial charge < -0.3 is 10.2 Å². The van der Waals surface area contributed by atoms with Crippen LogP contribution in [0.25, 0.3) is 0 Å². The number of carbonyl (C=O) groups is 2. The van der Waals surface area contributed by atoms with Crippen LogP contribution in [-0.2, 0) is 32.6 Å². The summed E-state index contributed by atoms with van der Waals surface area (Å²) in [7, 11) is -4.12. The fourth-order valence-electron chi connectivity index (χ4n) is 4.68. The molecule has 9 heteroatoms. The molecule has 0 aliphatic heterocycles. The van der Waals surface area contributed by atoms with E-state index in [0.717, 1.165) is 25.5 Å². The molecule has 0 aliphatic carbocycles. The highest BCUT2D eigenvalue weighted by Gasteiger charge is 2.34. The Labute approximate surface area is 262 Å². The van der Waals surface area contributed by atoms with Gasteiger partial charge in [0.15, 0.2) is 0 Å². The molecule has 0 aliphatic rings. The van der Waals surface area contributed by atoms with Crippen LogP contribution in [0.15, 0.2) is 119 Å². The number of halogens is 1.